The molecule has 0 fully saturated rings. The Hall–Kier alpha value is -3.92. The molecule has 0 bridgehead atoms. The Morgan fingerprint density at radius 3 is 2.22 bits per heavy atom. The van der Waals surface area contributed by atoms with Crippen molar-refractivity contribution >= 4 is 15.7 Å². The number of aromatic nitrogens is 4. The third kappa shape index (κ3) is 4.70. The number of rotatable bonds is 7. The van der Waals surface area contributed by atoms with Crippen LogP contribution in [0.4, 0.5) is 5.69 Å². The molecule has 0 saturated carbocycles. The minimum Gasteiger partial charge on any atom is -0.497 e. The van der Waals surface area contributed by atoms with Crippen LogP contribution < -0.4 is 14.2 Å². The average Bonchev–Trinajstić information content (AvgIpc) is 3.13. The fraction of sp³-hybridized carbons (Fsp3) is 0.136. The Morgan fingerprint density at radius 1 is 0.906 bits per heavy atom. The molecule has 2 aromatic heterocycles. The van der Waals surface area contributed by atoms with E-state index in [2.05, 4.69) is 19.8 Å². The van der Waals surface area contributed by atoms with Crippen molar-refractivity contribution in [1.29, 1.82) is 0 Å². The van der Waals surface area contributed by atoms with Gasteiger partial charge in [0.05, 0.1) is 17.7 Å². The van der Waals surface area contributed by atoms with Crippen LogP contribution in [0.5, 0.6) is 17.4 Å². The Morgan fingerprint density at radius 2 is 1.59 bits per heavy atom. The van der Waals surface area contributed by atoms with E-state index >= 15 is 0 Å². The lowest BCUT2D eigenvalue weighted by Gasteiger charge is -2.10. The van der Waals surface area contributed by atoms with Crippen molar-refractivity contribution in [3.63, 3.8) is 0 Å². The summed E-state index contributed by atoms with van der Waals surface area (Å²) >= 11 is 0. The summed E-state index contributed by atoms with van der Waals surface area (Å²) in [7, 11) is -2.20. The van der Waals surface area contributed by atoms with Crippen LogP contribution >= 0.6 is 0 Å². The number of hydrogen-bond donors (Lipinski definition) is 1. The SMILES string of the molecule is COc1ccc(S(=O)(=O)Nc2ccc(Oc3cc(-n4nc(C)cc4C)ncn3)cc2)cc1. The zero-order valence-corrected chi connectivity index (χ0v) is 18.5. The first-order chi connectivity index (χ1) is 15.3. The van der Waals surface area contributed by atoms with Crippen molar-refractivity contribution in [3.05, 3.63) is 78.4 Å². The third-order valence-corrected chi connectivity index (χ3v) is 5.95. The van der Waals surface area contributed by atoms with Crippen molar-refractivity contribution in [2.45, 2.75) is 18.7 Å². The number of nitrogens with zero attached hydrogens (tertiary/aromatic N) is 4. The second kappa shape index (κ2) is 8.67. The minimum absolute atomic E-state index is 0.135. The number of benzene rings is 2. The van der Waals surface area contributed by atoms with Crippen molar-refractivity contribution in [2.75, 3.05) is 11.8 Å². The van der Waals surface area contributed by atoms with Gasteiger partial charge in [0.25, 0.3) is 10.0 Å². The molecular weight excluding hydrogens is 430 g/mol. The maximum atomic E-state index is 12.6. The molecule has 0 spiro atoms. The summed E-state index contributed by atoms with van der Waals surface area (Å²) in [6, 6.07) is 16.3. The molecule has 9 nitrogen and oxygen atoms in total. The van der Waals surface area contributed by atoms with Crippen LogP contribution in [0.1, 0.15) is 11.4 Å². The predicted molar refractivity (Wildman–Crippen MR) is 119 cm³/mol. The summed E-state index contributed by atoms with van der Waals surface area (Å²) in [4.78, 5) is 8.52. The van der Waals surface area contributed by atoms with Gasteiger partial charge in [-0.05, 0) is 68.4 Å². The van der Waals surface area contributed by atoms with E-state index in [4.69, 9.17) is 9.47 Å². The van der Waals surface area contributed by atoms with E-state index in [0.29, 0.717) is 28.9 Å². The van der Waals surface area contributed by atoms with Crippen molar-refractivity contribution in [1.82, 2.24) is 19.7 Å². The van der Waals surface area contributed by atoms with Gasteiger partial charge < -0.3 is 9.47 Å². The summed E-state index contributed by atoms with van der Waals surface area (Å²) in [5.41, 5.74) is 2.23. The zero-order chi connectivity index (χ0) is 22.7. The van der Waals surface area contributed by atoms with Crippen LogP contribution in [0.15, 0.2) is 71.9 Å². The molecular formula is C22H21N5O4S. The maximum Gasteiger partial charge on any atom is 0.261 e. The number of anilines is 1. The lowest BCUT2D eigenvalue weighted by atomic mass is 10.3. The maximum absolute atomic E-state index is 12.6. The first-order valence-electron chi connectivity index (χ1n) is 9.64. The summed E-state index contributed by atoms with van der Waals surface area (Å²) in [6.07, 6.45) is 1.40. The highest BCUT2D eigenvalue weighted by atomic mass is 32.2. The van der Waals surface area contributed by atoms with Gasteiger partial charge in [-0.25, -0.2) is 23.1 Å². The van der Waals surface area contributed by atoms with Gasteiger partial charge in [-0.3, -0.25) is 4.72 Å². The molecule has 164 valence electrons. The van der Waals surface area contributed by atoms with Gasteiger partial charge in [0, 0.05) is 17.4 Å². The topological polar surface area (TPSA) is 108 Å². The van der Waals surface area contributed by atoms with E-state index in [9.17, 15) is 8.42 Å². The van der Waals surface area contributed by atoms with Crippen LogP contribution in [0.2, 0.25) is 0 Å². The van der Waals surface area contributed by atoms with Crippen molar-refractivity contribution < 1.29 is 17.9 Å². The van der Waals surface area contributed by atoms with Gasteiger partial charge in [-0.15, -0.1) is 0 Å². The van der Waals surface area contributed by atoms with Crippen LogP contribution in [0.25, 0.3) is 5.82 Å². The second-order valence-corrected chi connectivity index (χ2v) is 8.64. The number of ether oxygens (including phenoxy) is 2. The number of sulfonamides is 1. The molecule has 10 heteroatoms. The molecule has 2 aromatic carbocycles. The van der Waals surface area contributed by atoms with E-state index in [0.717, 1.165) is 11.4 Å². The lowest BCUT2D eigenvalue weighted by Crippen LogP contribution is -2.12. The van der Waals surface area contributed by atoms with Crippen LogP contribution in [-0.4, -0.2) is 35.3 Å². The largest absolute Gasteiger partial charge is 0.497 e. The smallest absolute Gasteiger partial charge is 0.261 e. The van der Waals surface area contributed by atoms with E-state index in [-0.39, 0.29) is 4.90 Å². The molecule has 0 aliphatic rings. The van der Waals surface area contributed by atoms with Gasteiger partial charge in [0.1, 0.15) is 17.8 Å². The number of methoxy groups -OCH3 is 1. The van der Waals surface area contributed by atoms with Crippen LogP contribution in [-0.2, 0) is 10.0 Å². The fourth-order valence-electron chi connectivity index (χ4n) is 3.04. The Bertz CT molecular complexity index is 1330. The van der Waals surface area contributed by atoms with Crippen molar-refractivity contribution in [3.8, 4) is 23.2 Å². The Balaban J connectivity index is 1.47. The molecule has 32 heavy (non-hydrogen) atoms. The van der Waals surface area contributed by atoms with Crippen LogP contribution in [0.3, 0.4) is 0 Å². The van der Waals surface area contributed by atoms with Gasteiger partial charge in [-0.1, -0.05) is 0 Å². The minimum atomic E-state index is -3.73. The van der Waals surface area contributed by atoms with E-state index in [1.165, 1.54) is 25.6 Å². The molecule has 4 aromatic rings. The Kier molecular flexibility index (Phi) is 5.78. The monoisotopic (exact) mass is 451 g/mol. The molecule has 1 N–H and O–H groups in total. The van der Waals surface area contributed by atoms with Gasteiger partial charge in [0.15, 0.2) is 5.82 Å². The van der Waals surface area contributed by atoms with Crippen LogP contribution in [0, 0.1) is 13.8 Å². The highest BCUT2D eigenvalue weighted by Gasteiger charge is 2.14. The average molecular weight is 452 g/mol. The second-order valence-electron chi connectivity index (χ2n) is 6.96. The highest BCUT2D eigenvalue weighted by molar-refractivity contribution is 7.92. The summed E-state index contributed by atoms with van der Waals surface area (Å²) < 4.78 is 40.2. The quantitative estimate of drug-likeness (QED) is 0.454. The molecule has 0 amide bonds. The number of nitrogens with one attached hydrogen (secondary N) is 1. The van der Waals surface area contributed by atoms with E-state index in [1.807, 2.05) is 19.9 Å². The molecule has 2 heterocycles. The normalized spacial score (nSPS) is 11.2. The lowest BCUT2D eigenvalue weighted by molar-refractivity contribution is 0.414. The fourth-order valence-corrected chi connectivity index (χ4v) is 4.10. The van der Waals surface area contributed by atoms with E-state index in [1.54, 1.807) is 47.1 Å². The van der Waals surface area contributed by atoms with Gasteiger partial charge in [-0.2, -0.15) is 5.10 Å². The number of aryl methyl sites for hydroxylation is 2. The first-order valence-corrected chi connectivity index (χ1v) is 11.1. The number of hydrogen-bond acceptors (Lipinski definition) is 7. The highest BCUT2D eigenvalue weighted by Crippen LogP contribution is 2.24. The van der Waals surface area contributed by atoms with Gasteiger partial charge >= 0.3 is 0 Å². The summed E-state index contributed by atoms with van der Waals surface area (Å²) in [5, 5.41) is 4.41. The molecule has 0 aliphatic heterocycles. The summed E-state index contributed by atoms with van der Waals surface area (Å²) in [5.74, 6) is 2.00. The molecule has 0 saturated heterocycles. The molecule has 0 radical (unpaired) electrons. The first kappa shape index (κ1) is 21.3. The Labute approximate surface area is 185 Å². The predicted octanol–water partition coefficient (Wildman–Crippen LogP) is 3.88. The van der Waals surface area contributed by atoms with E-state index < -0.39 is 10.0 Å². The third-order valence-electron chi connectivity index (χ3n) is 4.55. The van der Waals surface area contributed by atoms with Crippen molar-refractivity contribution in [2.24, 2.45) is 0 Å². The molecule has 0 aliphatic carbocycles. The molecule has 4 rings (SSSR count). The zero-order valence-electron chi connectivity index (χ0n) is 17.7. The standard InChI is InChI=1S/C22H21N5O4S/c1-15-12-16(2)27(25-15)21-13-22(24-14-23-21)31-19-6-4-17(5-7-19)26-32(28,29)20-10-8-18(30-3)9-11-20/h4-14,26H,1-3H3. The van der Waals surface area contributed by atoms with Gasteiger partial charge in [0.2, 0.25) is 5.88 Å². The molecule has 0 atom stereocenters. The molecule has 0 unspecified atom stereocenters. The summed E-state index contributed by atoms with van der Waals surface area (Å²) in [6.45, 7) is 3.85.